The van der Waals surface area contributed by atoms with Gasteiger partial charge in [-0.05, 0) is 56.7 Å². The van der Waals surface area contributed by atoms with Crippen molar-refractivity contribution in [2.45, 2.75) is 51.8 Å². The van der Waals surface area contributed by atoms with Gasteiger partial charge in [0.2, 0.25) is 0 Å². The molecule has 2 aromatic rings. The number of likely N-dealkylation sites (tertiary alicyclic amines) is 1. The summed E-state index contributed by atoms with van der Waals surface area (Å²) in [7, 11) is 0. The topological polar surface area (TPSA) is 41.3 Å². The predicted molar refractivity (Wildman–Crippen MR) is 99.0 cm³/mol. The summed E-state index contributed by atoms with van der Waals surface area (Å²) in [6, 6.07) is 6.45. The summed E-state index contributed by atoms with van der Waals surface area (Å²) < 4.78 is 15.4. The molecule has 1 saturated heterocycles. The van der Waals surface area contributed by atoms with Gasteiger partial charge >= 0.3 is 0 Å². The smallest absolute Gasteiger partial charge is 0.123 e. The summed E-state index contributed by atoms with van der Waals surface area (Å²) in [5.41, 5.74) is 2.53. The minimum Gasteiger partial charge on any atom is -0.385 e. The van der Waals surface area contributed by atoms with Gasteiger partial charge in [0.05, 0.1) is 11.8 Å². The van der Waals surface area contributed by atoms with Gasteiger partial charge in [0.1, 0.15) is 5.82 Å². The standard InChI is InChI=1S/C21H28FN3O/c1-3-25-15(2)17(11-23-25)13-24-12-16-5-4-10-21(26,20(16)14-24)18-6-8-19(22)9-7-18/h6-9,11,16,20,26H,3-5,10,12-14H2,1-2H3/t16-,20+,21-/m0/s1. The van der Waals surface area contributed by atoms with Crippen molar-refractivity contribution in [2.24, 2.45) is 11.8 Å². The Morgan fingerprint density at radius 1 is 1.27 bits per heavy atom. The Morgan fingerprint density at radius 2 is 2.04 bits per heavy atom. The fourth-order valence-electron chi connectivity index (χ4n) is 5.04. The highest BCUT2D eigenvalue weighted by atomic mass is 19.1. The highest BCUT2D eigenvalue weighted by molar-refractivity contribution is 5.26. The highest BCUT2D eigenvalue weighted by Crippen LogP contribution is 2.48. The molecule has 0 unspecified atom stereocenters. The van der Waals surface area contributed by atoms with E-state index < -0.39 is 5.60 Å². The summed E-state index contributed by atoms with van der Waals surface area (Å²) in [5.74, 6) is 0.463. The van der Waals surface area contributed by atoms with Gasteiger partial charge < -0.3 is 5.11 Å². The van der Waals surface area contributed by atoms with Crippen molar-refractivity contribution in [1.82, 2.24) is 14.7 Å². The van der Waals surface area contributed by atoms with Crippen molar-refractivity contribution in [3.63, 3.8) is 0 Å². The molecule has 2 fully saturated rings. The van der Waals surface area contributed by atoms with Crippen LogP contribution >= 0.6 is 0 Å². The molecule has 1 aliphatic carbocycles. The van der Waals surface area contributed by atoms with Gasteiger partial charge in [-0.15, -0.1) is 0 Å². The van der Waals surface area contributed by atoms with Crippen LogP contribution in [-0.4, -0.2) is 32.9 Å². The average Bonchev–Trinajstić information content (AvgIpc) is 3.20. The predicted octanol–water partition coefficient (Wildman–Crippen LogP) is 3.47. The Labute approximate surface area is 154 Å². The number of hydrogen-bond donors (Lipinski definition) is 1. The van der Waals surface area contributed by atoms with E-state index in [1.165, 1.54) is 23.4 Å². The van der Waals surface area contributed by atoms with Crippen LogP contribution in [0.3, 0.4) is 0 Å². The van der Waals surface area contributed by atoms with Crippen LogP contribution in [0.15, 0.2) is 30.5 Å². The van der Waals surface area contributed by atoms with Crippen molar-refractivity contribution in [3.05, 3.63) is 53.1 Å². The summed E-state index contributed by atoms with van der Waals surface area (Å²) in [5, 5.41) is 16.0. The monoisotopic (exact) mass is 357 g/mol. The summed E-state index contributed by atoms with van der Waals surface area (Å²) in [4.78, 5) is 2.46. The van der Waals surface area contributed by atoms with Crippen LogP contribution < -0.4 is 0 Å². The third-order valence-electron chi connectivity index (χ3n) is 6.51. The summed E-state index contributed by atoms with van der Waals surface area (Å²) in [6.07, 6.45) is 4.93. The van der Waals surface area contributed by atoms with Crippen molar-refractivity contribution >= 4 is 0 Å². The van der Waals surface area contributed by atoms with E-state index in [-0.39, 0.29) is 11.7 Å². The molecular formula is C21H28FN3O. The number of hydrogen-bond acceptors (Lipinski definition) is 3. The quantitative estimate of drug-likeness (QED) is 0.911. The van der Waals surface area contributed by atoms with Gasteiger partial charge in [0.25, 0.3) is 0 Å². The molecule has 0 amide bonds. The molecule has 1 aliphatic heterocycles. The van der Waals surface area contributed by atoms with Crippen molar-refractivity contribution in [1.29, 1.82) is 0 Å². The van der Waals surface area contributed by atoms with Gasteiger partial charge in [-0.2, -0.15) is 5.10 Å². The molecule has 0 spiro atoms. The van der Waals surface area contributed by atoms with Gasteiger partial charge in [-0.3, -0.25) is 9.58 Å². The lowest BCUT2D eigenvalue weighted by Gasteiger charge is -2.41. The zero-order valence-electron chi connectivity index (χ0n) is 15.7. The third kappa shape index (κ3) is 2.97. The van der Waals surface area contributed by atoms with Crippen LogP contribution in [0.1, 0.15) is 43.0 Å². The first-order valence-electron chi connectivity index (χ1n) is 9.73. The molecule has 1 aromatic carbocycles. The lowest BCUT2D eigenvalue weighted by molar-refractivity contribution is -0.0648. The largest absolute Gasteiger partial charge is 0.385 e. The molecule has 4 nitrogen and oxygen atoms in total. The molecule has 26 heavy (non-hydrogen) atoms. The minimum absolute atomic E-state index is 0.211. The van der Waals surface area contributed by atoms with Crippen LogP contribution in [0.4, 0.5) is 4.39 Å². The highest BCUT2D eigenvalue weighted by Gasteiger charge is 2.49. The van der Waals surface area contributed by atoms with Crippen LogP contribution in [-0.2, 0) is 18.7 Å². The van der Waals surface area contributed by atoms with E-state index in [9.17, 15) is 9.50 Å². The number of aliphatic hydroxyl groups is 1. The molecule has 0 radical (unpaired) electrons. The van der Waals surface area contributed by atoms with Crippen LogP contribution in [0.25, 0.3) is 0 Å². The number of aromatic nitrogens is 2. The summed E-state index contributed by atoms with van der Waals surface area (Å²) in [6.45, 7) is 7.92. The average molecular weight is 357 g/mol. The van der Waals surface area contributed by atoms with E-state index >= 15 is 0 Å². The molecular weight excluding hydrogens is 329 g/mol. The van der Waals surface area contributed by atoms with Gasteiger partial charge in [0, 0.05) is 43.4 Å². The molecule has 2 heterocycles. The molecule has 5 heteroatoms. The fourth-order valence-corrected chi connectivity index (χ4v) is 5.04. The summed E-state index contributed by atoms with van der Waals surface area (Å²) >= 11 is 0. The first kappa shape index (κ1) is 17.7. The Bertz CT molecular complexity index is 772. The van der Waals surface area contributed by atoms with Crippen molar-refractivity contribution in [2.75, 3.05) is 13.1 Å². The Morgan fingerprint density at radius 3 is 2.73 bits per heavy atom. The third-order valence-corrected chi connectivity index (χ3v) is 6.51. The van der Waals surface area contributed by atoms with Crippen LogP contribution in [0, 0.1) is 24.6 Å². The van der Waals surface area contributed by atoms with Crippen molar-refractivity contribution in [3.8, 4) is 0 Å². The molecule has 140 valence electrons. The van der Waals surface area contributed by atoms with Crippen LogP contribution in [0.5, 0.6) is 0 Å². The van der Waals surface area contributed by atoms with Crippen LogP contribution in [0.2, 0.25) is 0 Å². The maximum Gasteiger partial charge on any atom is 0.123 e. The first-order chi connectivity index (χ1) is 12.5. The number of benzene rings is 1. The number of fused-ring (bicyclic) bond motifs is 1. The van der Waals surface area contributed by atoms with Gasteiger partial charge in [0.15, 0.2) is 0 Å². The Hall–Kier alpha value is -1.72. The fraction of sp³-hybridized carbons (Fsp3) is 0.571. The van der Waals surface area contributed by atoms with Crippen molar-refractivity contribution < 1.29 is 9.50 Å². The Balaban J connectivity index is 1.54. The molecule has 1 aromatic heterocycles. The lowest BCUT2D eigenvalue weighted by atomic mass is 9.67. The van der Waals surface area contributed by atoms with Gasteiger partial charge in [-0.1, -0.05) is 12.1 Å². The number of nitrogens with zero attached hydrogens (tertiary/aromatic N) is 3. The second-order valence-electron chi connectivity index (χ2n) is 7.96. The SMILES string of the molecule is CCn1ncc(CN2C[C@@H]3CCC[C@](O)(c4ccc(F)cc4)[C@@H]3C2)c1C. The molecule has 0 bridgehead atoms. The van der Waals surface area contributed by atoms with E-state index in [0.717, 1.165) is 51.0 Å². The second kappa shape index (κ2) is 6.78. The normalized spacial score (nSPS) is 29.1. The zero-order chi connectivity index (χ0) is 18.3. The Kier molecular flexibility index (Phi) is 4.61. The lowest BCUT2D eigenvalue weighted by Crippen LogP contribution is -2.42. The number of rotatable bonds is 4. The first-order valence-corrected chi connectivity index (χ1v) is 9.73. The zero-order valence-corrected chi connectivity index (χ0v) is 15.7. The maximum atomic E-state index is 13.3. The van der Waals surface area contributed by atoms with E-state index in [0.29, 0.717) is 5.92 Å². The van der Waals surface area contributed by atoms with Gasteiger partial charge in [-0.25, -0.2) is 4.39 Å². The van der Waals surface area contributed by atoms with E-state index in [4.69, 9.17) is 0 Å². The molecule has 1 saturated carbocycles. The maximum absolute atomic E-state index is 13.3. The van der Waals surface area contributed by atoms with E-state index in [2.05, 4.69) is 23.8 Å². The van der Waals surface area contributed by atoms with E-state index in [1.807, 2.05) is 10.9 Å². The molecule has 4 rings (SSSR count). The molecule has 1 N–H and O–H groups in total. The minimum atomic E-state index is -0.839. The van der Waals surface area contributed by atoms with E-state index in [1.54, 1.807) is 12.1 Å². The number of halogens is 1. The molecule has 2 aliphatic rings. The molecule has 3 atom stereocenters. The second-order valence-corrected chi connectivity index (χ2v) is 7.96. The number of aryl methyl sites for hydroxylation is 1.